The van der Waals surface area contributed by atoms with Crippen LogP contribution in [-0.2, 0) is 16.0 Å². The Morgan fingerprint density at radius 1 is 1.15 bits per heavy atom. The largest absolute Gasteiger partial charge is 0.496 e. The molecule has 0 atom stereocenters. The predicted molar refractivity (Wildman–Crippen MR) is 130 cm³/mol. The number of methoxy groups -OCH3 is 1. The second-order valence-corrected chi connectivity index (χ2v) is 9.20. The van der Waals surface area contributed by atoms with Gasteiger partial charge in [0.1, 0.15) is 11.5 Å². The third-order valence-electron chi connectivity index (χ3n) is 6.02. The first-order chi connectivity index (χ1) is 15.8. The summed E-state index contributed by atoms with van der Waals surface area (Å²) in [5.74, 6) is 1.57. The quantitative estimate of drug-likeness (QED) is 0.613. The van der Waals surface area contributed by atoms with Gasteiger partial charge in [-0.05, 0) is 55.0 Å². The number of aryl methyl sites for hydroxylation is 1. The summed E-state index contributed by atoms with van der Waals surface area (Å²) in [6.07, 6.45) is 1.76. The molecule has 178 valence electrons. The lowest BCUT2D eigenvalue weighted by molar-refractivity contribution is -0.131. The lowest BCUT2D eigenvalue weighted by atomic mass is 10.0. The monoisotopic (exact) mass is 472 g/mol. The molecular formula is C26H33ClN2O4. The number of para-hydroxylation sites is 1. The summed E-state index contributed by atoms with van der Waals surface area (Å²) >= 11 is 6.25. The summed E-state index contributed by atoms with van der Waals surface area (Å²) in [7, 11) is 1.61. The molecule has 2 aromatic rings. The summed E-state index contributed by atoms with van der Waals surface area (Å²) in [5.41, 5.74) is 2.79. The minimum absolute atomic E-state index is 0.0351. The molecular weight excluding hydrogens is 440 g/mol. The number of benzene rings is 2. The molecule has 0 unspecified atom stereocenters. The van der Waals surface area contributed by atoms with Crippen molar-refractivity contribution in [3.63, 3.8) is 0 Å². The van der Waals surface area contributed by atoms with Crippen molar-refractivity contribution < 1.29 is 19.1 Å². The van der Waals surface area contributed by atoms with Crippen molar-refractivity contribution in [2.24, 2.45) is 0 Å². The van der Waals surface area contributed by atoms with E-state index in [9.17, 15) is 9.59 Å². The summed E-state index contributed by atoms with van der Waals surface area (Å²) in [4.78, 5) is 27.1. The van der Waals surface area contributed by atoms with Gasteiger partial charge >= 0.3 is 0 Å². The topological polar surface area (TPSA) is 67.9 Å². The highest BCUT2D eigenvalue weighted by atomic mass is 35.5. The Balaban J connectivity index is 1.47. The van der Waals surface area contributed by atoms with E-state index in [-0.39, 0.29) is 30.4 Å². The minimum Gasteiger partial charge on any atom is -0.496 e. The first kappa shape index (κ1) is 24.9. The van der Waals surface area contributed by atoms with E-state index in [1.807, 2.05) is 48.2 Å². The molecule has 1 heterocycles. The highest BCUT2D eigenvalue weighted by molar-refractivity contribution is 6.31. The number of nitrogens with one attached hydrogen (secondary N) is 1. The zero-order chi connectivity index (χ0) is 24.0. The number of hydrogen-bond donors (Lipinski definition) is 1. The van der Waals surface area contributed by atoms with Crippen LogP contribution in [0.2, 0.25) is 5.02 Å². The Hall–Kier alpha value is -2.73. The number of piperidine rings is 1. The van der Waals surface area contributed by atoms with Crippen LogP contribution >= 0.6 is 11.6 Å². The Labute approximate surface area is 201 Å². The van der Waals surface area contributed by atoms with E-state index >= 15 is 0 Å². The molecule has 0 saturated carbocycles. The Morgan fingerprint density at radius 3 is 2.52 bits per heavy atom. The Morgan fingerprint density at radius 2 is 1.85 bits per heavy atom. The van der Waals surface area contributed by atoms with Gasteiger partial charge in [-0.2, -0.15) is 0 Å². The SMILES string of the molecule is COc1ccccc1CC(=O)N1CCC(NC(=O)COc2cc(C)c(Cl)cc2C(C)C)CC1. The van der Waals surface area contributed by atoms with Gasteiger partial charge in [-0.3, -0.25) is 9.59 Å². The third-order valence-corrected chi connectivity index (χ3v) is 6.43. The summed E-state index contributed by atoms with van der Waals surface area (Å²) < 4.78 is 11.2. The summed E-state index contributed by atoms with van der Waals surface area (Å²) in [6, 6.07) is 11.4. The number of carbonyl (C=O) groups excluding carboxylic acids is 2. The first-order valence-corrected chi connectivity index (χ1v) is 11.8. The molecule has 1 saturated heterocycles. The van der Waals surface area contributed by atoms with Gasteiger partial charge in [-0.1, -0.05) is 43.6 Å². The predicted octanol–water partition coefficient (Wildman–Crippen LogP) is 4.51. The highest BCUT2D eigenvalue weighted by Crippen LogP contribution is 2.32. The molecule has 1 fully saturated rings. The van der Waals surface area contributed by atoms with Gasteiger partial charge in [0, 0.05) is 29.7 Å². The van der Waals surface area contributed by atoms with Crippen LogP contribution in [0, 0.1) is 6.92 Å². The molecule has 0 radical (unpaired) electrons. The molecule has 0 aliphatic carbocycles. The van der Waals surface area contributed by atoms with Crippen molar-refractivity contribution in [3.8, 4) is 11.5 Å². The fourth-order valence-electron chi connectivity index (χ4n) is 4.06. The van der Waals surface area contributed by atoms with Gasteiger partial charge in [0.15, 0.2) is 6.61 Å². The van der Waals surface area contributed by atoms with Crippen LogP contribution in [0.3, 0.4) is 0 Å². The number of rotatable bonds is 8. The fraction of sp³-hybridized carbons (Fsp3) is 0.462. The van der Waals surface area contributed by atoms with Crippen LogP contribution in [0.25, 0.3) is 0 Å². The average Bonchev–Trinajstić information content (AvgIpc) is 2.80. The van der Waals surface area contributed by atoms with Crippen LogP contribution in [0.5, 0.6) is 11.5 Å². The molecule has 0 bridgehead atoms. The van der Waals surface area contributed by atoms with E-state index in [2.05, 4.69) is 19.2 Å². The lowest BCUT2D eigenvalue weighted by Crippen LogP contribution is -2.47. The second-order valence-electron chi connectivity index (χ2n) is 8.79. The van der Waals surface area contributed by atoms with Gasteiger partial charge < -0.3 is 19.7 Å². The van der Waals surface area contributed by atoms with Crippen LogP contribution in [0.4, 0.5) is 0 Å². The van der Waals surface area contributed by atoms with Crippen molar-refractivity contribution in [2.45, 2.75) is 52.0 Å². The maximum atomic E-state index is 12.7. The number of ether oxygens (including phenoxy) is 2. The van der Waals surface area contributed by atoms with E-state index in [0.29, 0.717) is 30.3 Å². The Bertz CT molecular complexity index is 984. The first-order valence-electron chi connectivity index (χ1n) is 11.4. The van der Waals surface area contributed by atoms with Crippen LogP contribution in [-0.4, -0.2) is 49.6 Å². The van der Waals surface area contributed by atoms with Crippen molar-refractivity contribution in [1.29, 1.82) is 0 Å². The molecule has 1 aliphatic heterocycles. The van der Waals surface area contributed by atoms with Crippen molar-refractivity contribution in [3.05, 3.63) is 58.1 Å². The number of hydrogen-bond acceptors (Lipinski definition) is 4. The van der Waals surface area contributed by atoms with Crippen molar-refractivity contribution in [2.75, 3.05) is 26.8 Å². The van der Waals surface area contributed by atoms with Gasteiger partial charge in [0.2, 0.25) is 5.91 Å². The van der Waals surface area contributed by atoms with E-state index < -0.39 is 0 Å². The summed E-state index contributed by atoms with van der Waals surface area (Å²) in [5, 5.41) is 3.74. The van der Waals surface area contributed by atoms with E-state index in [4.69, 9.17) is 21.1 Å². The molecule has 1 N–H and O–H groups in total. The molecule has 1 aliphatic rings. The normalized spacial score (nSPS) is 14.3. The maximum Gasteiger partial charge on any atom is 0.258 e. The van der Waals surface area contributed by atoms with Gasteiger partial charge in [0.05, 0.1) is 13.5 Å². The molecule has 2 amide bonds. The number of halogens is 1. The number of amides is 2. The molecule has 33 heavy (non-hydrogen) atoms. The average molecular weight is 473 g/mol. The molecule has 7 heteroatoms. The van der Waals surface area contributed by atoms with Gasteiger partial charge in [-0.25, -0.2) is 0 Å². The standard InChI is InChI=1S/C26H33ClN2O4/c1-17(2)21-15-22(27)18(3)13-24(21)33-16-25(30)28-20-9-11-29(12-10-20)26(31)14-19-7-5-6-8-23(19)32-4/h5-8,13,15,17,20H,9-12,14,16H2,1-4H3,(H,28,30). The van der Waals surface area contributed by atoms with Crippen LogP contribution < -0.4 is 14.8 Å². The molecule has 0 aromatic heterocycles. The second kappa shape index (κ2) is 11.4. The van der Waals surface area contributed by atoms with Crippen molar-refractivity contribution in [1.82, 2.24) is 10.2 Å². The molecule has 2 aromatic carbocycles. The summed E-state index contributed by atoms with van der Waals surface area (Å²) in [6.45, 7) is 7.24. The molecule has 6 nitrogen and oxygen atoms in total. The third kappa shape index (κ3) is 6.64. The van der Waals surface area contributed by atoms with E-state index in [1.165, 1.54) is 0 Å². The zero-order valence-corrected chi connectivity index (χ0v) is 20.6. The van der Waals surface area contributed by atoms with Crippen molar-refractivity contribution >= 4 is 23.4 Å². The number of likely N-dealkylation sites (tertiary alicyclic amines) is 1. The maximum absolute atomic E-state index is 12.7. The minimum atomic E-state index is -0.156. The van der Waals surface area contributed by atoms with E-state index in [1.54, 1.807) is 7.11 Å². The Kier molecular flexibility index (Phi) is 8.61. The van der Waals surface area contributed by atoms with Gasteiger partial charge in [0.25, 0.3) is 5.91 Å². The van der Waals surface area contributed by atoms with E-state index in [0.717, 1.165) is 35.3 Å². The zero-order valence-electron chi connectivity index (χ0n) is 19.8. The lowest BCUT2D eigenvalue weighted by Gasteiger charge is -2.32. The van der Waals surface area contributed by atoms with Crippen LogP contribution in [0.15, 0.2) is 36.4 Å². The number of carbonyl (C=O) groups is 2. The van der Waals surface area contributed by atoms with Crippen LogP contribution in [0.1, 0.15) is 49.3 Å². The number of nitrogens with zero attached hydrogens (tertiary/aromatic N) is 1. The highest BCUT2D eigenvalue weighted by Gasteiger charge is 2.24. The smallest absolute Gasteiger partial charge is 0.258 e. The fourth-order valence-corrected chi connectivity index (χ4v) is 4.23. The molecule has 0 spiro atoms. The molecule has 3 rings (SSSR count). The van der Waals surface area contributed by atoms with Gasteiger partial charge in [-0.15, -0.1) is 0 Å².